The van der Waals surface area contributed by atoms with E-state index < -0.39 is 108 Å². The summed E-state index contributed by atoms with van der Waals surface area (Å²) in [5.74, 6) is -4.02. The Kier molecular flexibility index (Phi) is 6.71. The first-order valence-corrected chi connectivity index (χ1v) is 22.4. The standard InChI is InChI=1S/2C18H16O6S2/c2*19-9-17-15(11-5-1-3-7-13(11)25(17,21)22)18(10-20)16(17)12-6-2-4-8-14(12)26(18,23)24/h2*1-8,15-16,19-20H,9-10H2. The first-order valence-electron chi connectivity index (χ1n) is 16.4. The summed E-state index contributed by atoms with van der Waals surface area (Å²) in [6.45, 7) is -2.81. The van der Waals surface area contributed by atoms with Gasteiger partial charge < -0.3 is 20.4 Å². The zero-order valence-electron chi connectivity index (χ0n) is 27.1. The number of hydrogen-bond acceptors (Lipinski definition) is 12. The maximum Gasteiger partial charge on any atom is 0.187 e. The van der Waals surface area contributed by atoms with E-state index in [0.29, 0.717) is 22.3 Å². The third-order valence-electron chi connectivity index (χ3n) is 13.0. The Morgan fingerprint density at radius 1 is 0.346 bits per heavy atom. The highest BCUT2D eigenvalue weighted by atomic mass is 32.2. The van der Waals surface area contributed by atoms with Gasteiger partial charge in [-0.2, -0.15) is 0 Å². The van der Waals surface area contributed by atoms with E-state index in [9.17, 15) is 54.1 Å². The van der Waals surface area contributed by atoms with E-state index in [-0.39, 0.29) is 19.6 Å². The van der Waals surface area contributed by atoms with Crippen molar-refractivity contribution in [1.29, 1.82) is 0 Å². The second-order valence-corrected chi connectivity index (χ2v) is 23.2. The SMILES string of the molecule is O=S1(=O)c2ccccc2C2C1(CO)C1c3ccccc3S(=O)(=O)C21CO.O=S1(=O)c2ccccc2C2C1(CO)C1c3ccccc3S(=O)(=O)C21CO. The predicted molar refractivity (Wildman–Crippen MR) is 185 cm³/mol. The molecule has 4 aromatic rings. The average molecular weight is 785 g/mol. The lowest BCUT2D eigenvalue weighted by atomic mass is 9.52. The van der Waals surface area contributed by atoms with E-state index in [2.05, 4.69) is 0 Å². The van der Waals surface area contributed by atoms with Crippen LogP contribution >= 0.6 is 0 Å². The molecule has 2 saturated carbocycles. The minimum absolute atomic E-state index is 0.0500. The Labute approximate surface area is 300 Å². The molecule has 0 spiro atoms. The number of benzene rings is 4. The Bertz CT molecular complexity index is 2320. The smallest absolute Gasteiger partial charge is 0.187 e. The summed E-state index contributed by atoms with van der Waals surface area (Å²) >= 11 is 0. The first kappa shape index (κ1) is 34.3. The van der Waals surface area contributed by atoms with E-state index in [1.165, 1.54) is 24.3 Å². The Balaban J connectivity index is 0.000000138. The molecule has 272 valence electrons. The molecule has 0 radical (unpaired) electrons. The normalized spacial score (nSPS) is 37.2. The topological polar surface area (TPSA) is 217 Å². The highest BCUT2D eigenvalue weighted by Crippen LogP contribution is 2.78. The van der Waals surface area contributed by atoms with Gasteiger partial charge in [-0.1, -0.05) is 72.8 Å². The van der Waals surface area contributed by atoms with Crippen molar-refractivity contribution in [2.75, 3.05) is 26.4 Å². The number of fused-ring (bicyclic) bond motifs is 16. The van der Waals surface area contributed by atoms with Crippen molar-refractivity contribution in [3.8, 4) is 0 Å². The predicted octanol–water partition coefficient (Wildman–Crippen LogP) is 1.21. The van der Waals surface area contributed by atoms with Gasteiger partial charge in [-0.15, -0.1) is 0 Å². The van der Waals surface area contributed by atoms with Crippen molar-refractivity contribution in [2.45, 2.75) is 62.2 Å². The van der Waals surface area contributed by atoms with Gasteiger partial charge in [0.05, 0.1) is 46.0 Å². The van der Waals surface area contributed by atoms with Gasteiger partial charge in [-0.3, -0.25) is 0 Å². The summed E-state index contributed by atoms with van der Waals surface area (Å²) in [5.41, 5.74) is 1.46. The van der Waals surface area contributed by atoms with Gasteiger partial charge in [-0.25, -0.2) is 33.7 Å². The van der Waals surface area contributed by atoms with Crippen LogP contribution in [0.1, 0.15) is 45.9 Å². The van der Waals surface area contributed by atoms with Crippen LogP contribution in [0, 0.1) is 0 Å². The third-order valence-corrected chi connectivity index (χ3v) is 23.2. The van der Waals surface area contributed by atoms with Crippen LogP contribution in [-0.2, 0) is 39.3 Å². The fraction of sp³-hybridized carbons (Fsp3) is 0.333. The first-order chi connectivity index (χ1) is 24.6. The summed E-state index contributed by atoms with van der Waals surface area (Å²) in [4.78, 5) is 0.200. The van der Waals surface area contributed by atoms with Crippen LogP contribution in [0.4, 0.5) is 0 Å². The molecule has 2 fully saturated rings. The molecule has 4 aromatic carbocycles. The van der Waals surface area contributed by atoms with Gasteiger partial charge in [0.2, 0.25) is 0 Å². The van der Waals surface area contributed by atoms with Crippen LogP contribution in [0.5, 0.6) is 0 Å². The maximum atomic E-state index is 13.4. The Hall–Kier alpha value is -3.48. The molecule has 2 aliphatic carbocycles. The second-order valence-electron chi connectivity index (χ2n) is 14.3. The van der Waals surface area contributed by atoms with Crippen LogP contribution in [0.2, 0.25) is 0 Å². The minimum atomic E-state index is -3.98. The zero-order valence-corrected chi connectivity index (χ0v) is 30.3. The van der Waals surface area contributed by atoms with Gasteiger partial charge in [0.15, 0.2) is 39.3 Å². The van der Waals surface area contributed by atoms with E-state index in [1.54, 1.807) is 72.8 Å². The number of rotatable bonds is 4. The summed E-state index contributed by atoms with van der Waals surface area (Å²) in [5, 5.41) is 41.0. The van der Waals surface area contributed by atoms with Gasteiger partial charge in [0, 0.05) is 23.7 Å². The molecule has 6 aliphatic rings. The summed E-state index contributed by atoms with van der Waals surface area (Å²) in [7, 11) is -15.9. The van der Waals surface area contributed by atoms with Gasteiger partial charge in [0.1, 0.15) is 19.0 Å². The zero-order chi connectivity index (χ0) is 37.1. The average Bonchev–Trinajstić information content (AvgIpc) is 3.56. The van der Waals surface area contributed by atoms with Crippen molar-refractivity contribution >= 4 is 39.3 Å². The molecular weight excluding hydrogens is 753 g/mol. The van der Waals surface area contributed by atoms with Gasteiger partial charge >= 0.3 is 0 Å². The molecule has 10 rings (SSSR count). The van der Waals surface area contributed by atoms with E-state index >= 15 is 0 Å². The fourth-order valence-corrected chi connectivity index (χ4v) is 22.0. The van der Waals surface area contributed by atoms with E-state index in [0.717, 1.165) is 0 Å². The van der Waals surface area contributed by atoms with Gasteiger partial charge in [0.25, 0.3) is 0 Å². The summed E-state index contributed by atoms with van der Waals surface area (Å²) in [6, 6.07) is 25.0. The lowest BCUT2D eigenvalue weighted by molar-refractivity contribution is 0.0522. The molecule has 4 N–H and O–H groups in total. The highest BCUT2D eigenvalue weighted by molar-refractivity contribution is 7.96. The van der Waals surface area contributed by atoms with E-state index in [4.69, 9.17) is 0 Å². The molecule has 4 heterocycles. The minimum Gasteiger partial charge on any atom is -0.395 e. The summed E-state index contributed by atoms with van der Waals surface area (Å²) < 4.78 is 100. The molecule has 4 aliphatic heterocycles. The third kappa shape index (κ3) is 3.09. The molecule has 0 unspecified atom stereocenters. The van der Waals surface area contributed by atoms with Crippen LogP contribution < -0.4 is 0 Å². The Morgan fingerprint density at radius 2 is 0.519 bits per heavy atom. The molecule has 0 bridgehead atoms. The highest BCUT2D eigenvalue weighted by Gasteiger charge is 2.88. The molecule has 16 heteroatoms. The van der Waals surface area contributed by atoms with Crippen molar-refractivity contribution < 1.29 is 54.1 Å². The largest absolute Gasteiger partial charge is 0.395 e. The van der Waals surface area contributed by atoms with E-state index in [1.807, 2.05) is 0 Å². The molecule has 0 amide bonds. The Morgan fingerprint density at radius 3 is 0.692 bits per heavy atom. The number of aliphatic hydroxyl groups is 4. The fourth-order valence-electron chi connectivity index (χ4n) is 11.2. The maximum absolute atomic E-state index is 13.4. The monoisotopic (exact) mass is 784 g/mol. The van der Waals surface area contributed by atoms with Crippen molar-refractivity contribution in [2.24, 2.45) is 0 Å². The lowest BCUT2D eigenvalue weighted by Crippen LogP contribution is -2.74. The van der Waals surface area contributed by atoms with Crippen molar-refractivity contribution in [3.63, 3.8) is 0 Å². The van der Waals surface area contributed by atoms with Crippen LogP contribution in [0.15, 0.2) is 117 Å². The van der Waals surface area contributed by atoms with Gasteiger partial charge in [-0.05, 0) is 46.5 Å². The summed E-state index contributed by atoms with van der Waals surface area (Å²) in [6.07, 6.45) is 0. The second kappa shape index (κ2) is 10.2. The van der Waals surface area contributed by atoms with Crippen molar-refractivity contribution in [1.82, 2.24) is 0 Å². The quantitative estimate of drug-likeness (QED) is 0.230. The number of hydrogen-bond donors (Lipinski definition) is 4. The molecule has 52 heavy (non-hydrogen) atoms. The van der Waals surface area contributed by atoms with Crippen LogP contribution in [0.25, 0.3) is 0 Å². The van der Waals surface area contributed by atoms with Crippen LogP contribution in [0.3, 0.4) is 0 Å². The molecule has 0 saturated heterocycles. The van der Waals surface area contributed by atoms with Crippen molar-refractivity contribution in [3.05, 3.63) is 119 Å². The molecule has 0 aromatic heterocycles. The number of sulfone groups is 4. The molecule has 12 nitrogen and oxygen atoms in total. The van der Waals surface area contributed by atoms with Crippen LogP contribution in [-0.4, -0.2) is 99.5 Å². The number of aliphatic hydroxyl groups excluding tert-OH is 4. The molecule has 0 atom stereocenters. The molecular formula is C36H32O12S4. The lowest BCUT2D eigenvalue weighted by Gasteiger charge is -2.59.